The zero-order valence-electron chi connectivity index (χ0n) is 14.0. The molecule has 1 aromatic heterocycles. The maximum Gasteiger partial charge on any atom is 0.325 e. The van der Waals surface area contributed by atoms with Crippen molar-refractivity contribution in [2.75, 3.05) is 13.2 Å². The second-order valence-corrected chi connectivity index (χ2v) is 5.85. The molecule has 0 fully saturated rings. The van der Waals surface area contributed by atoms with Crippen LogP contribution in [0.2, 0.25) is 0 Å². The third-order valence-corrected chi connectivity index (χ3v) is 3.83. The third-order valence-electron chi connectivity index (χ3n) is 3.14. The zero-order valence-corrected chi connectivity index (χ0v) is 15.5. The van der Waals surface area contributed by atoms with Gasteiger partial charge in [-0.3, -0.25) is 14.4 Å². The number of benzene rings is 1. The molecule has 0 radical (unpaired) electrons. The van der Waals surface area contributed by atoms with Crippen LogP contribution in [-0.2, 0) is 14.3 Å². The lowest BCUT2D eigenvalue weighted by atomic mass is 10.2. The topological polar surface area (TPSA) is 97.6 Å². The van der Waals surface area contributed by atoms with Crippen LogP contribution in [0.1, 0.15) is 23.0 Å². The normalized spacial score (nSPS) is 10.9. The standard InChI is InChI=1S/C18H17BrN2O5/c1-2-25-16(22)11-20-18(24)15(10-12-6-5-9-26-12)21-17(23)13-7-3-4-8-14(13)19/h3-10H,2,11H2,1H3,(H,20,24)(H,21,23)/b15-10+. The molecule has 8 heteroatoms. The van der Waals surface area contributed by atoms with Crippen molar-refractivity contribution in [3.05, 3.63) is 64.2 Å². The molecule has 0 aliphatic heterocycles. The summed E-state index contributed by atoms with van der Waals surface area (Å²) in [5.74, 6) is -1.33. The average Bonchev–Trinajstić information content (AvgIpc) is 3.12. The van der Waals surface area contributed by atoms with Gasteiger partial charge in [-0.15, -0.1) is 0 Å². The van der Waals surface area contributed by atoms with Gasteiger partial charge in [0.2, 0.25) is 0 Å². The van der Waals surface area contributed by atoms with Crippen molar-refractivity contribution in [3.63, 3.8) is 0 Å². The highest BCUT2D eigenvalue weighted by Crippen LogP contribution is 2.16. The molecule has 0 saturated heterocycles. The maximum absolute atomic E-state index is 12.5. The number of hydrogen-bond donors (Lipinski definition) is 2. The number of halogens is 1. The Morgan fingerprint density at radius 3 is 2.62 bits per heavy atom. The molecule has 0 aliphatic carbocycles. The molecule has 2 N–H and O–H groups in total. The Bertz CT molecular complexity index is 815. The van der Waals surface area contributed by atoms with E-state index in [1.165, 1.54) is 12.3 Å². The van der Waals surface area contributed by atoms with Crippen molar-refractivity contribution in [1.82, 2.24) is 10.6 Å². The summed E-state index contributed by atoms with van der Waals surface area (Å²) in [5.41, 5.74) is 0.293. The Morgan fingerprint density at radius 2 is 1.96 bits per heavy atom. The largest absolute Gasteiger partial charge is 0.465 e. The molecule has 0 aliphatic rings. The summed E-state index contributed by atoms with van der Waals surface area (Å²) >= 11 is 3.29. The first-order valence-corrected chi connectivity index (χ1v) is 8.55. The minimum Gasteiger partial charge on any atom is -0.465 e. The van der Waals surface area contributed by atoms with Crippen molar-refractivity contribution >= 4 is 39.8 Å². The van der Waals surface area contributed by atoms with Crippen molar-refractivity contribution < 1.29 is 23.5 Å². The van der Waals surface area contributed by atoms with E-state index in [0.29, 0.717) is 15.8 Å². The average molecular weight is 421 g/mol. The van der Waals surface area contributed by atoms with Gasteiger partial charge in [0.15, 0.2) is 0 Å². The van der Waals surface area contributed by atoms with Gasteiger partial charge in [0, 0.05) is 10.5 Å². The minimum absolute atomic E-state index is 0.0648. The molecule has 0 spiro atoms. The van der Waals surface area contributed by atoms with Gasteiger partial charge in [-0.25, -0.2) is 0 Å². The number of carbonyl (C=O) groups is 3. The Labute approximate surface area is 158 Å². The fraction of sp³-hybridized carbons (Fsp3) is 0.167. The van der Waals surface area contributed by atoms with Crippen LogP contribution in [0.5, 0.6) is 0 Å². The lowest BCUT2D eigenvalue weighted by molar-refractivity contribution is -0.143. The number of carbonyl (C=O) groups excluding carboxylic acids is 3. The molecule has 7 nitrogen and oxygen atoms in total. The Hall–Kier alpha value is -2.87. The SMILES string of the molecule is CCOC(=O)CNC(=O)/C(=C\c1ccco1)NC(=O)c1ccccc1Br. The van der Waals surface area contributed by atoms with Crippen LogP contribution in [0.3, 0.4) is 0 Å². The van der Waals surface area contributed by atoms with E-state index in [9.17, 15) is 14.4 Å². The molecular formula is C18H17BrN2O5. The number of nitrogens with one attached hydrogen (secondary N) is 2. The Morgan fingerprint density at radius 1 is 1.19 bits per heavy atom. The number of amides is 2. The van der Waals surface area contributed by atoms with Gasteiger partial charge in [0.25, 0.3) is 11.8 Å². The first kappa shape index (κ1) is 19.5. The molecule has 1 heterocycles. The molecule has 2 aromatic rings. The fourth-order valence-corrected chi connectivity index (χ4v) is 2.43. The first-order chi connectivity index (χ1) is 12.5. The smallest absolute Gasteiger partial charge is 0.325 e. The van der Waals surface area contributed by atoms with Gasteiger partial charge in [-0.05, 0) is 47.1 Å². The number of hydrogen-bond acceptors (Lipinski definition) is 5. The van der Waals surface area contributed by atoms with Gasteiger partial charge in [0.05, 0.1) is 18.4 Å². The molecule has 0 unspecified atom stereocenters. The number of furan rings is 1. The van der Waals surface area contributed by atoms with E-state index in [4.69, 9.17) is 9.15 Å². The van der Waals surface area contributed by atoms with E-state index >= 15 is 0 Å². The summed E-state index contributed by atoms with van der Waals surface area (Å²) in [6, 6.07) is 10.1. The van der Waals surface area contributed by atoms with Crippen LogP contribution >= 0.6 is 15.9 Å². The van der Waals surface area contributed by atoms with Crippen LogP contribution in [0.15, 0.2) is 57.2 Å². The maximum atomic E-state index is 12.5. The predicted molar refractivity (Wildman–Crippen MR) is 97.9 cm³/mol. The molecule has 26 heavy (non-hydrogen) atoms. The highest BCUT2D eigenvalue weighted by molar-refractivity contribution is 9.10. The molecule has 0 bridgehead atoms. The fourth-order valence-electron chi connectivity index (χ4n) is 1.97. The third kappa shape index (κ3) is 5.59. The van der Waals surface area contributed by atoms with Crippen LogP contribution in [-0.4, -0.2) is 30.9 Å². The molecule has 2 amide bonds. The highest BCUT2D eigenvalue weighted by atomic mass is 79.9. The molecule has 0 saturated carbocycles. The Kier molecular flexibility index (Phi) is 7.16. The van der Waals surface area contributed by atoms with Crippen molar-refractivity contribution in [2.24, 2.45) is 0 Å². The summed E-state index contributed by atoms with van der Waals surface area (Å²) in [7, 11) is 0. The Balaban J connectivity index is 2.16. The first-order valence-electron chi connectivity index (χ1n) is 7.76. The number of ether oxygens (including phenoxy) is 1. The van der Waals surface area contributed by atoms with Crippen molar-refractivity contribution in [1.29, 1.82) is 0 Å². The lowest BCUT2D eigenvalue weighted by Gasteiger charge is -2.11. The van der Waals surface area contributed by atoms with Gasteiger partial charge in [-0.1, -0.05) is 12.1 Å². The lowest BCUT2D eigenvalue weighted by Crippen LogP contribution is -2.37. The van der Waals surface area contributed by atoms with E-state index in [0.717, 1.165) is 0 Å². The molecular weight excluding hydrogens is 404 g/mol. The summed E-state index contributed by atoms with van der Waals surface area (Å²) in [5, 5.41) is 4.94. The zero-order chi connectivity index (χ0) is 18.9. The highest BCUT2D eigenvalue weighted by Gasteiger charge is 2.17. The number of esters is 1. The van der Waals surface area contributed by atoms with Crippen molar-refractivity contribution in [2.45, 2.75) is 6.92 Å². The van der Waals surface area contributed by atoms with E-state index in [1.807, 2.05) is 0 Å². The van der Waals surface area contributed by atoms with E-state index < -0.39 is 17.8 Å². The van der Waals surface area contributed by atoms with E-state index in [2.05, 4.69) is 26.6 Å². The monoisotopic (exact) mass is 420 g/mol. The van der Waals surface area contributed by atoms with Gasteiger partial charge >= 0.3 is 5.97 Å². The van der Waals surface area contributed by atoms with E-state index in [1.54, 1.807) is 43.3 Å². The van der Waals surface area contributed by atoms with Crippen molar-refractivity contribution in [3.8, 4) is 0 Å². The van der Waals surface area contributed by atoms with Gasteiger partial charge < -0.3 is 19.8 Å². The second kappa shape index (κ2) is 9.57. The summed E-state index contributed by atoms with van der Waals surface area (Å²) in [4.78, 5) is 36.2. The van der Waals surface area contributed by atoms with Crippen LogP contribution in [0, 0.1) is 0 Å². The van der Waals surface area contributed by atoms with Crippen LogP contribution in [0.25, 0.3) is 6.08 Å². The molecule has 0 atom stereocenters. The second-order valence-electron chi connectivity index (χ2n) is 5.00. The molecule has 1 aromatic carbocycles. The van der Waals surface area contributed by atoms with Crippen LogP contribution < -0.4 is 10.6 Å². The number of rotatable bonds is 7. The minimum atomic E-state index is -0.644. The summed E-state index contributed by atoms with van der Waals surface area (Å²) < 4.78 is 10.5. The van der Waals surface area contributed by atoms with E-state index in [-0.39, 0.29) is 18.8 Å². The van der Waals surface area contributed by atoms with Gasteiger partial charge in [0.1, 0.15) is 18.0 Å². The molecule has 2 rings (SSSR count). The summed E-state index contributed by atoms with van der Waals surface area (Å²) in [6.07, 6.45) is 2.81. The van der Waals surface area contributed by atoms with Crippen LogP contribution in [0.4, 0.5) is 0 Å². The molecule has 136 valence electrons. The summed E-state index contributed by atoms with van der Waals surface area (Å²) in [6.45, 7) is 1.57. The quantitative estimate of drug-likeness (QED) is 0.529. The predicted octanol–water partition coefficient (Wildman–Crippen LogP) is 2.49. The van der Waals surface area contributed by atoms with Gasteiger partial charge in [-0.2, -0.15) is 0 Å².